The first-order valence-electron chi connectivity index (χ1n) is 10.1. The molecule has 29 heavy (non-hydrogen) atoms. The third-order valence-electron chi connectivity index (χ3n) is 5.35. The first-order chi connectivity index (χ1) is 13.8. The summed E-state index contributed by atoms with van der Waals surface area (Å²) in [7, 11) is 0. The van der Waals surface area contributed by atoms with E-state index in [0.29, 0.717) is 5.56 Å². The molecule has 2 aromatic carbocycles. The van der Waals surface area contributed by atoms with Crippen molar-refractivity contribution in [1.82, 2.24) is 4.90 Å². The highest BCUT2D eigenvalue weighted by Crippen LogP contribution is 2.38. The molecule has 1 heterocycles. The number of amides is 1. The van der Waals surface area contributed by atoms with Crippen LogP contribution in [0, 0.1) is 12.8 Å². The molecule has 0 saturated carbocycles. The van der Waals surface area contributed by atoms with E-state index in [1.807, 2.05) is 43.3 Å². The summed E-state index contributed by atoms with van der Waals surface area (Å²) in [5.41, 5.74) is 3.31. The van der Waals surface area contributed by atoms with Crippen LogP contribution in [-0.2, 0) is 16.0 Å². The van der Waals surface area contributed by atoms with Gasteiger partial charge in [0.15, 0.2) is 5.78 Å². The standard InChI is InChI=1S/C24H27NO4/c1-4-5-17-8-12-18(13-9-17)21-20(22(27)19-10-6-15(2)7-11-19)23(28)24(29)25(21)14-16(3)26/h6-13,16,20-21,26H,4-5,14H2,1-3H3. The van der Waals surface area contributed by atoms with Gasteiger partial charge in [0.25, 0.3) is 5.91 Å². The van der Waals surface area contributed by atoms with E-state index in [2.05, 4.69) is 6.92 Å². The van der Waals surface area contributed by atoms with Crippen molar-refractivity contribution in [3.63, 3.8) is 0 Å². The molecular weight excluding hydrogens is 366 g/mol. The van der Waals surface area contributed by atoms with Gasteiger partial charge in [-0.1, -0.05) is 67.4 Å². The minimum Gasteiger partial charge on any atom is -0.392 e. The van der Waals surface area contributed by atoms with E-state index in [4.69, 9.17) is 0 Å². The normalized spacial score (nSPS) is 20.2. The zero-order valence-corrected chi connectivity index (χ0v) is 17.1. The number of nitrogens with zero attached hydrogens (tertiary/aromatic N) is 1. The summed E-state index contributed by atoms with van der Waals surface area (Å²) >= 11 is 0. The molecule has 5 nitrogen and oxygen atoms in total. The number of ketones is 2. The van der Waals surface area contributed by atoms with Crippen LogP contribution in [0.5, 0.6) is 0 Å². The quantitative estimate of drug-likeness (QED) is 0.445. The van der Waals surface area contributed by atoms with Crippen molar-refractivity contribution in [3.05, 3.63) is 70.8 Å². The van der Waals surface area contributed by atoms with E-state index in [-0.39, 0.29) is 12.3 Å². The highest BCUT2D eigenvalue weighted by molar-refractivity contribution is 6.44. The van der Waals surface area contributed by atoms with E-state index in [0.717, 1.165) is 29.5 Å². The number of likely N-dealkylation sites (tertiary alicyclic amines) is 1. The zero-order valence-electron chi connectivity index (χ0n) is 17.1. The maximum atomic E-state index is 13.2. The minimum absolute atomic E-state index is 0.00360. The number of hydrogen-bond acceptors (Lipinski definition) is 4. The van der Waals surface area contributed by atoms with Gasteiger partial charge in [-0.25, -0.2) is 0 Å². The Morgan fingerprint density at radius 3 is 2.24 bits per heavy atom. The number of aliphatic hydroxyl groups is 1. The van der Waals surface area contributed by atoms with Gasteiger partial charge in [0.2, 0.25) is 5.78 Å². The van der Waals surface area contributed by atoms with Gasteiger partial charge < -0.3 is 10.0 Å². The lowest BCUT2D eigenvalue weighted by molar-refractivity contribution is -0.141. The Morgan fingerprint density at radius 2 is 1.69 bits per heavy atom. The van der Waals surface area contributed by atoms with Gasteiger partial charge >= 0.3 is 0 Å². The Labute approximate surface area is 171 Å². The van der Waals surface area contributed by atoms with Gasteiger partial charge in [-0.3, -0.25) is 14.4 Å². The summed E-state index contributed by atoms with van der Waals surface area (Å²) in [4.78, 5) is 40.1. The monoisotopic (exact) mass is 393 g/mol. The molecule has 0 aromatic heterocycles. The molecule has 152 valence electrons. The molecule has 1 amide bonds. The van der Waals surface area contributed by atoms with Crippen LogP contribution in [0.15, 0.2) is 48.5 Å². The summed E-state index contributed by atoms with van der Waals surface area (Å²) in [6, 6.07) is 14.0. The van der Waals surface area contributed by atoms with Crippen molar-refractivity contribution in [2.24, 2.45) is 5.92 Å². The van der Waals surface area contributed by atoms with E-state index < -0.39 is 29.8 Å². The average molecular weight is 393 g/mol. The van der Waals surface area contributed by atoms with Crippen molar-refractivity contribution < 1.29 is 19.5 Å². The predicted molar refractivity (Wildman–Crippen MR) is 111 cm³/mol. The van der Waals surface area contributed by atoms with E-state index in [1.165, 1.54) is 4.90 Å². The molecular formula is C24H27NO4. The lowest BCUT2D eigenvalue weighted by Gasteiger charge is -2.28. The van der Waals surface area contributed by atoms with Crippen LogP contribution in [0.25, 0.3) is 0 Å². The van der Waals surface area contributed by atoms with Crippen LogP contribution in [-0.4, -0.2) is 40.1 Å². The fourth-order valence-electron chi connectivity index (χ4n) is 3.91. The summed E-state index contributed by atoms with van der Waals surface area (Å²) in [6.07, 6.45) is 1.15. The molecule has 1 aliphatic rings. The molecule has 3 rings (SSSR count). The molecule has 0 spiro atoms. The largest absolute Gasteiger partial charge is 0.392 e. The number of aliphatic hydroxyl groups excluding tert-OH is 1. The topological polar surface area (TPSA) is 74.7 Å². The van der Waals surface area contributed by atoms with Crippen LogP contribution in [0.4, 0.5) is 0 Å². The molecule has 1 aliphatic heterocycles. The number of carbonyl (C=O) groups is 3. The average Bonchev–Trinajstić information content (AvgIpc) is 2.93. The van der Waals surface area contributed by atoms with Gasteiger partial charge in [0, 0.05) is 12.1 Å². The summed E-state index contributed by atoms with van der Waals surface area (Å²) < 4.78 is 0. The van der Waals surface area contributed by atoms with Crippen LogP contribution in [0.1, 0.15) is 53.4 Å². The number of Topliss-reactive ketones (excluding diaryl/α,β-unsaturated/α-hetero) is 2. The van der Waals surface area contributed by atoms with Crippen LogP contribution >= 0.6 is 0 Å². The number of benzene rings is 2. The van der Waals surface area contributed by atoms with E-state index in [9.17, 15) is 19.5 Å². The number of rotatable bonds is 7. The molecule has 1 N–H and O–H groups in total. The maximum Gasteiger partial charge on any atom is 0.291 e. The molecule has 0 bridgehead atoms. The molecule has 0 radical (unpaired) electrons. The lowest BCUT2D eigenvalue weighted by Crippen LogP contribution is -2.36. The second-order valence-corrected chi connectivity index (χ2v) is 7.82. The molecule has 0 aliphatic carbocycles. The SMILES string of the molecule is CCCc1ccc(C2C(C(=O)c3ccc(C)cc3)C(=O)C(=O)N2CC(C)O)cc1. The summed E-state index contributed by atoms with van der Waals surface area (Å²) in [6.45, 7) is 5.59. The van der Waals surface area contributed by atoms with Crippen molar-refractivity contribution in [3.8, 4) is 0 Å². The number of hydrogen-bond donors (Lipinski definition) is 1. The van der Waals surface area contributed by atoms with Crippen molar-refractivity contribution in [2.45, 2.75) is 45.8 Å². The van der Waals surface area contributed by atoms with Gasteiger partial charge in [0.05, 0.1) is 12.1 Å². The van der Waals surface area contributed by atoms with Crippen molar-refractivity contribution >= 4 is 17.5 Å². The summed E-state index contributed by atoms with van der Waals surface area (Å²) in [5.74, 6) is -2.89. The molecule has 1 saturated heterocycles. The number of β-amino-alcohol motifs (C(OH)–C–C–N with tert-alkyl or cyclic N) is 1. The third-order valence-corrected chi connectivity index (χ3v) is 5.35. The highest BCUT2D eigenvalue weighted by Gasteiger charge is 2.51. The van der Waals surface area contributed by atoms with Crippen molar-refractivity contribution in [1.29, 1.82) is 0 Å². The van der Waals surface area contributed by atoms with E-state index >= 15 is 0 Å². The maximum absolute atomic E-state index is 13.2. The second kappa shape index (κ2) is 8.70. The zero-order chi connectivity index (χ0) is 21.1. The Morgan fingerprint density at radius 1 is 1.07 bits per heavy atom. The van der Waals surface area contributed by atoms with Gasteiger partial charge in [-0.15, -0.1) is 0 Å². The van der Waals surface area contributed by atoms with Gasteiger partial charge in [0.1, 0.15) is 5.92 Å². The fourth-order valence-corrected chi connectivity index (χ4v) is 3.91. The summed E-state index contributed by atoms with van der Waals surface area (Å²) in [5, 5.41) is 9.88. The first kappa shape index (κ1) is 20.9. The molecule has 1 fully saturated rings. The van der Waals surface area contributed by atoms with Crippen LogP contribution in [0.3, 0.4) is 0 Å². The predicted octanol–water partition coefficient (Wildman–Crippen LogP) is 3.28. The number of carbonyl (C=O) groups excluding carboxylic acids is 3. The van der Waals surface area contributed by atoms with E-state index in [1.54, 1.807) is 19.1 Å². The lowest BCUT2D eigenvalue weighted by atomic mass is 9.85. The molecule has 2 aromatic rings. The Balaban J connectivity index is 2.03. The smallest absolute Gasteiger partial charge is 0.291 e. The third kappa shape index (κ3) is 4.30. The molecule has 3 atom stereocenters. The first-order valence-corrected chi connectivity index (χ1v) is 10.1. The van der Waals surface area contributed by atoms with Gasteiger partial charge in [-0.2, -0.15) is 0 Å². The van der Waals surface area contributed by atoms with Crippen LogP contribution < -0.4 is 0 Å². The molecule has 5 heteroatoms. The Kier molecular flexibility index (Phi) is 6.28. The fraction of sp³-hybridized carbons (Fsp3) is 0.375. The van der Waals surface area contributed by atoms with Crippen LogP contribution in [0.2, 0.25) is 0 Å². The minimum atomic E-state index is -1.11. The highest BCUT2D eigenvalue weighted by atomic mass is 16.3. The Bertz CT molecular complexity index is 899. The molecule has 3 unspecified atom stereocenters. The van der Waals surface area contributed by atoms with Crippen molar-refractivity contribution in [2.75, 3.05) is 6.54 Å². The van der Waals surface area contributed by atoms with Gasteiger partial charge in [-0.05, 0) is 31.4 Å². The Hall–Kier alpha value is -2.79. The second-order valence-electron chi connectivity index (χ2n) is 7.82. The number of aryl methyl sites for hydroxylation is 2.